The van der Waals surface area contributed by atoms with E-state index in [0.717, 1.165) is 0 Å². The van der Waals surface area contributed by atoms with E-state index in [1.54, 1.807) is 24.3 Å². The third kappa shape index (κ3) is 5.17. The van der Waals surface area contributed by atoms with Gasteiger partial charge >= 0.3 is 12.2 Å². The van der Waals surface area contributed by atoms with Gasteiger partial charge in [-0.15, -0.1) is 0 Å². The summed E-state index contributed by atoms with van der Waals surface area (Å²) < 4.78 is 4.17. The summed E-state index contributed by atoms with van der Waals surface area (Å²) in [6, 6.07) is 8.74. The van der Waals surface area contributed by atoms with E-state index in [2.05, 4.69) is 10.1 Å². The van der Waals surface area contributed by atoms with Gasteiger partial charge < -0.3 is 9.84 Å². The molecule has 0 radical (unpaired) electrons. The van der Waals surface area contributed by atoms with Gasteiger partial charge in [0.1, 0.15) is 0 Å². The number of carbonyl (C=O) groups excluding carboxylic acids is 2. The molecule has 0 saturated carbocycles. The van der Waals surface area contributed by atoms with Gasteiger partial charge in [0.2, 0.25) is 0 Å². The van der Waals surface area contributed by atoms with E-state index in [9.17, 15) is 14.4 Å². The van der Waals surface area contributed by atoms with Crippen LogP contribution in [0.2, 0.25) is 0 Å². The van der Waals surface area contributed by atoms with Crippen LogP contribution in [0.4, 0.5) is 15.3 Å². The molecule has 0 aliphatic carbocycles. The average molecular weight is 238 g/mol. The smallest absolute Gasteiger partial charge is 0.414 e. The lowest BCUT2D eigenvalue weighted by Crippen LogP contribution is -2.18. The van der Waals surface area contributed by atoms with Gasteiger partial charge in [-0.3, -0.25) is 15.4 Å². The van der Waals surface area contributed by atoms with Crippen molar-refractivity contribution in [3.05, 3.63) is 30.3 Å². The number of para-hydroxylation sites is 1. The van der Waals surface area contributed by atoms with Crippen LogP contribution in [-0.2, 0) is 9.53 Å². The van der Waals surface area contributed by atoms with E-state index in [1.807, 2.05) is 11.4 Å². The van der Waals surface area contributed by atoms with Crippen molar-refractivity contribution in [2.45, 2.75) is 0 Å². The van der Waals surface area contributed by atoms with Crippen LogP contribution in [0.3, 0.4) is 0 Å². The molecule has 0 bridgehead atoms. The van der Waals surface area contributed by atoms with Gasteiger partial charge in [-0.2, -0.15) is 0 Å². The number of alkyl carbamates (subject to hydrolysis) is 1. The van der Waals surface area contributed by atoms with Crippen molar-refractivity contribution < 1.29 is 24.2 Å². The second kappa shape index (κ2) is 6.11. The van der Waals surface area contributed by atoms with E-state index in [0.29, 0.717) is 5.69 Å². The van der Waals surface area contributed by atoms with Gasteiger partial charge in [0.15, 0.2) is 6.61 Å². The van der Waals surface area contributed by atoms with Crippen LogP contribution in [0, 0.1) is 0 Å². The molecule has 1 aromatic rings. The maximum atomic E-state index is 10.1. The van der Waals surface area contributed by atoms with Gasteiger partial charge in [0.05, 0.1) is 0 Å². The molecule has 1 aromatic carbocycles. The summed E-state index contributed by atoms with van der Waals surface area (Å²) in [6.07, 6.45) is -1.68. The summed E-state index contributed by atoms with van der Waals surface area (Å²) in [6.45, 7) is -0.126. The highest BCUT2D eigenvalue weighted by Crippen LogP contribution is 2.03. The third-order valence-corrected chi connectivity index (χ3v) is 1.60. The molecule has 0 atom stereocenters. The minimum atomic E-state index is -1.04. The number of anilines is 1. The molecule has 2 rings (SSSR count). The molecule has 1 aliphatic rings. The Morgan fingerprint density at radius 2 is 1.94 bits per heavy atom. The van der Waals surface area contributed by atoms with Crippen LogP contribution in [0.15, 0.2) is 30.3 Å². The number of hydrogen-bond donors (Lipinski definition) is 3. The molecule has 7 nitrogen and oxygen atoms in total. The number of imide groups is 1. The molecule has 1 aliphatic heterocycles. The highest BCUT2D eigenvalue weighted by molar-refractivity contribution is 5.97. The van der Waals surface area contributed by atoms with Crippen LogP contribution >= 0.6 is 0 Å². The average Bonchev–Trinajstić information content (AvgIpc) is 2.64. The van der Waals surface area contributed by atoms with Crippen LogP contribution in [0.1, 0.15) is 0 Å². The van der Waals surface area contributed by atoms with Gasteiger partial charge in [-0.25, -0.2) is 9.59 Å². The molecule has 3 N–H and O–H groups in total. The van der Waals surface area contributed by atoms with Crippen LogP contribution in [0.5, 0.6) is 0 Å². The predicted octanol–water partition coefficient (Wildman–Crippen LogP) is 1.03. The minimum Gasteiger partial charge on any atom is -0.465 e. The van der Waals surface area contributed by atoms with E-state index in [-0.39, 0.29) is 12.5 Å². The molecule has 0 spiro atoms. The number of benzene rings is 1. The normalized spacial score (nSPS) is 12.9. The zero-order valence-corrected chi connectivity index (χ0v) is 8.67. The Balaban J connectivity index is 0.000000181. The molecular formula is C10H10N2O5. The second-order valence-electron chi connectivity index (χ2n) is 2.92. The van der Waals surface area contributed by atoms with E-state index in [4.69, 9.17) is 5.11 Å². The molecule has 1 heterocycles. The predicted molar refractivity (Wildman–Crippen MR) is 57.6 cm³/mol. The zero-order valence-electron chi connectivity index (χ0n) is 8.67. The van der Waals surface area contributed by atoms with Crippen LogP contribution < -0.4 is 10.6 Å². The standard InChI is InChI=1S/C7H7NO2.C3H3NO3/c9-7(10)8-6-4-2-1-3-5-6;5-2-1-7-3(6)4-2/h1-5,8H,(H,9,10);1H2,(H,4,5,6). The van der Waals surface area contributed by atoms with Gasteiger partial charge in [0.25, 0.3) is 5.91 Å². The molecule has 90 valence electrons. The van der Waals surface area contributed by atoms with Gasteiger partial charge in [-0.05, 0) is 12.1 Å². The first-order valence-corrected chi connectivity index (χ1v) is 4.59. The molecule has 17 heavy (non-hydrogen) atoms. The number of cyclic esters (lactones) is 1. The Labute approximate surface area is 96.4 Å². The summed E-state index contributed by atoms with van der Waals surface area (Å²) in [4.78, 5) is 30.0. The summed E-state index contributed by atoms with van der Waals surface area (Å²) in [5, 5.41) is 12.4. The number of carbonyl (C=O) groups is 3. The molecule has 7 heteroatoms. The summed E-state index contributed by atoms with van der Waals surface area (Å²) in [5.74, 6) is -0.370. The molecule has 3 amide bonds. The fourth-order valence-electron chi connectivity index (χ4n) is 0.962. The lowest BCUT2D eigenvalue weighted by atomic mass is 10.3. The maximum Gasteiger partial charge on any atom is 0.414 e. The highest BCUT2D eigenvalue weighted by Gasteiger charge is 2.17. The first-order chi connectivity index (χ1) is 8.08. The summed E-state index contributed by atoms with van der Waals surface area (Å²) >= 11 is 0. The molecule has 0 aromatic heterocycles. The number of hydrogen-bond acceptors (Lipinski definition) is 4. The minimum absolute atomic E-state index is 0.126. The maximum absolute atomic E-state index is 10.1. The van der Waals surface area contributed by atoms with Crippen molar-refractivity contribution in [1.29, 1.82) is 0 Å². The third-order valence-electron chi connectivity index (χ3n) is 1.60. The van der Waals surface area contributed by atoms with Crippen LogP contribution in [0.25, 0.3) is 0 Å². The van der Waals surface area contributed by atoms with Gasteiger partial charge in [-0.1, -0.05) is 18.2 Å². The Morgan fingerprint density at radius 1 is 1.29 bits per heavy atom. The Bertz CT molecular complexity index is 404. The Kier molecular flexibility index (Phi) is 4.49. The van der Waals surface area contributed by atoms with Crippen molar-refractivity contribution in [2.75, 3.05) is 11.9 Å². The fraction of sp³-hybridized carbons (Fsp3) is 0.100. The zero-order chi connectivity index (χ0) is 12.7. The van der Waals surface area contributed by atoms with Crippen molar-refractivity contribution in [2.24, 2.45) is 0 Å². The van der Waals surface area contributed by atoms with Crippen molar-refractivity contribution in [3.63, 3.8) is 0 Å². The topological polar surface area (TPSA) is 105 Å². The Hall–Kier alpha value is -2.57. The van der Waals surface area contributed by atoms with E-state index in [1.165, 1.54) is 0 Å². The Morgan fingerprint density at radius 3 is 2.29 bits per heavy atom. The molecule has 0 unspecified atom stereocenters. The number of carboxylic acid groups (broad SMARTS) is 1. The first kappa shape index (κ1) is 12.5. The lowest BCUT2D eigenvalue weighted by molar-refractivity contribution is -0.119. The molecule has 1 fully saturated rings. The first-order valence-electron chi connectivity index (χ1n) is 4.59. The molecular weight excluding hydrogens is 228 g/mol. The number of ether oxygens (including phenoxy) is 1. The quantitative estimate of drug-likeness (QED) is 0.677. The largest absolute Gasteiger partial charge is 0.465 e. The number of amides is 3. The SMILES string of the molecule is O=C(O)Nc1ccccc1.O=C1COC(=O)N1. The lowest BCUT2D eigenvalue weighted by Gasteiger charge is -1.96. The number of nitrogens with one attached hydrogen (secondary N) is 2. The second-order valence-corrected chi connectivity index (χ2v) is 2.92. The highest BCUT2D eigenvalue weighted by atomic mass is 16.6. The molecule has 1 saturated heterocycles. The van der Waals surface area contributed by atoms with Crippen molar-refractivity contribution >= 4 is 23.8 Å². The van der Waals surface area contributed by atoms with Crippen LogP contribution in [-0.4, -0.2) is 29.8 Å². The fourth-order valence-corrected chi connectivity index (χ4v) is 0.962. The number of rotatable bonds is 1. The summed E-state index contributed by atoms with van der Waals surface area (Å²) in [5.41, 5.74) is 0.593. The van der Waals surface area contributed by atoms with Gasteiger partial charge in [0, 0.05) is 5.69 Å². The van der Waals surface area contributed by atoms with E-state index >= 15 is 0 Å². The monoisotopic (exact) mass is 238 g/mol. The van der Waals surface area contributed by atoms with Crippen molar-refractivity contribution in [1.82, 2.24) is 5.32 Å². The van der Waals surface area contributed by atoms with Crippen molar-refractivity contribution in [3.8, 4) is 0 Å². The van der Waals surface area contributed by atoms with E-state index < -0.39 is 12.2 Å². The summed E-state index contributed by atoms with van der Waals surface area (Å²) in [7, 11) is 0.